The Kier molecular flexibility index (Phi) is 21.3. The van der Waals surface area contributed by atoms with Crippen LogP contribution in [0.4, 0.5) is 0 Å². The summed E-state index contributed by atoms with van der Waals surface area (Å²) in [6.07, 6.45) is 20.0. The van der Waals surface area contributed by atoms with E-state index < -0.39 is 0 Å². The van der Waals surface area contributed by atoms with Crippen LogP contribution in [0.25, 0.3) is 0 Å². The first kappa shape index (κ1) is 23.6. The highest BCUT2D eigenvalue weighted by molar-refractivity contribution is 14.1. The van der Waals surface area contributed by atoms with Crippen molar-refractivity contribution in [2.24, 2.45) is 0 Å². The summed E-state index contributed by atoms with van der Waals surface area (Å²) in [4.78, 5) is 0. The molecule has 0 aromatic carbocycles. The molecule has 0 saturated carbocycles. The molecule has 23 heavy (non-hydrogen) atoms. The third-order valence-electron chi connectivity index (χ3n) is 4.45. The van der Waals surface area contributed by atoms with Crippen LogP contribution in [0.5, 0.6) is 0 Å². The Morgan fingerprint density at radius 1 is 0.696 bits per heavy atom. The Bertz CT molecular complexity index is 208. The van der Waals surface area contributed by atoms with Crippen molar-refractivity contribution in [2.45, 2.75) is 103 Å². The Hall–Kier alpha value is 0.650. The van der Waals surface area contributed by atoms with Crippen LogP contribution in [0.3, 0.4) is 0 Å². The minimum absolute atomic E-state index is 0.266. The van der Waals surface area contributed by atoms with E-state index in [1.54, 1.807) is 7.11 Å². The van der Waals surface area contributed by atoms with Crippen molar-refractivity contribution in [1.29, 1.82) is 0 Å². The van der Waals surface area contributed by atoms with E-state index in [1.807, 2.05) is 0 Å². The van der Waals surface area contributed by atoms with E-state index in [1.165, 1.54) is 89.9 Å². The van der Waals surface area contributed by atoms with E-state index in [-0.39, 0.29) is 6.10 Å². The van der Waals surface area contributed by atoms with Gasteiger partial charge in [-0.25, -0.2) is 0 Å². The number of methoxy groups -OCH3 is 1. The average Bonchev–Trinajstić information content (AvgIpc) is 2.58. The van der Waals surface area contributed by atoms with E-state index in [0.717, 1.165) is 17.6 Å². The average molecular weight is 440 g/mol. The lowest BCUT2D eigenvalue weighted by atomic mass is 10.0. The molecule has 0 radical (unpaired) electrons. The maximum absolute atomic E-state index is 5.65. The molecule has 0 aliphatic carbocycles. The second kappa shape index (κ2) is 20.7. The minimum Gasteiger partial charge on any atom is -0.379 e. The fourth-order valence-corrected chi connectivity index (χ4v) is 3.40. The smallest absolute Gasteiger partial charge is 0.0893 e. The molecule has 0 aliphatic rings. The van der Waals surface area contributed by atoms with Gasteiger partial charge in [0.1, 0.15) is 0 Å². The van der Waals surface area contributed by atoms with Gasteiger partial charge in [0, 0.05) is 18.1 Å². The van der Waals surface area contributed by atoms with Crippen LogP contribution >= 0.6 is 22.6 Å². The third kappa shape index (κ3) is 18.8. The van der Waals surface area contributed by atoms with Gasteiger partial charge in [0.05, 0.1) is 12.7 Å². The lowest BCUT2D eigenvalue weighted by Gasteiger charge is -2.12. The fourth-order valence-electron chi connectivity index (χ4n) is 2.79. The molecule has 0 N–H and O–H groups in total. The molecule has 0 amide bonds. The Morgan fingerprint density at radius 3 is 1.52 bits per heavy atom. The highest BCUT2D eigenvalue weighted by atomic mass is 127. The van der Waals surface area contributed by atoms with Crippen molar-refractivity contribution < 1.29 is 9.47 Å². The molecule has 0 rings (SSSR count). The van der Waals surface area contributed by atoms with E-state index in [9.17, 15) is 0 Å². The predicted octanol–water partition coefficient (Wildman–Crippen LogP) is 6.93. The van der Waals surface area contributed by atoms with Crippen molar-refractivity contribution in [3.63, 3.8) is 0 Å². The molecule has 0 spiro atoms. The van der Waals surface area contributed by atoms with Crippen LogP contribution < -0.4 is 0 Å². The minimum atomic E-state index is 0.266. The Balaban J connectivity index is 3.02. The summed E-state index contributed by atoms with van der Waals surface area (Å²) in [6.45, 7) is 3.93. The molecule has 0 saturated heterocycles. The predicted molar refractivity (Wildman–Crippen MR) is 111 cm³/mol. The van der Waals surface area contributed by atoms with Crippen molar-refractivity contribution in [1.82, 2.24) is 0 Å². The number of hydrogen-bond donors (Lipinski definition) is 0. The number of hydrogen-bond acceptors (Lipinski definition) is 2. The number of alkyl halides is 1. The highest BCUT2D eigenvalue weighted by Gasteiger charge is 2.04. The molecule has 0 aromatic rings. The monoisotopic (exact) mass is 440 g/mol. The normalized spacial score (nSPS) is 12.7. The van der Waals surface area contributed by atoms with Crippen LogP contribution in [0.2, 0.25) is 0 Å². The summed E-state index contributed by atoms with van der Waals surface area (Å²) in [5, 5.41) is 0. The molecule has 0 aromatic heterocycles. The second-order valence-electron chi connectivity index (χ2n) is 6.68. The zero-order valence-electron chi connectivity index (χ0n) is 15.8. The molecule has 2 nitrogen and oxygen atoms in total. The van der Waals surface area contributed by atoms with E-state index in [0.29, 0.717) is 0 Å². The van der Waals surface area contributed by atoms with Gasteiger partial charge in [-0.2, -0.15) is 0 Å². The molecular weight excluding hydrogens is 399 g/mol. The highest BCUT2D eigenvalue weighted by Crippen LogP contribution is 2.13. The molecule has 1 atom stereocenters. The SMILES string of the molecule is CCCCCCCCCCCCCCCCOC[C@@H](CI)OC. The van der Waals surface area contributed by atoms with Crippen molar-refractivity contribution >= 4 is 22.6 Å². The molecule has 0 fully saturated rings. The molecular formula is C20H41IO2. The standard InChI is InChI=1S/C20H41IO2/c1-3-4-5-6-7-8-9-10-11-12-13-14-15-16-17-23-19-20(18-21)22-2/h20H,3-19H2,1-2H3/t20-/m1/s1. The van der Waals surface area contributed by atoms with Gasteiger partial charge < -0.3 is 9.47 Å². The fraction of sp³-hybridized carbons (Fsp3) is 1.00. The maximum Gasteiger partial charge on any atom is 0.0893 e. The summed E-state index contributed by atoms with van der Waals surface area (Å²) in [5.41, 5.74) is 0. The molecule has 0 unspecified atom stereocenters. The second-order valence-corrected chi connectivity index (χ2v) is 7.56. The van der Waals surface area contributed by atoms with Crippen LogP contribution in [-0.2, 0) is 9.47 Å². The molecule has 0 heterocycles. The first-order chi connectivity index (χ1) is 11.3. The van der Waals surface area contributed by atoms with Crippen molar-refractivity contribution in [3.05, 3.63) is 0 Å². The van der Waals surface area contributed by atoms with Crippen LogP contribution in [-0.4, -0.2) is 30.9 Å². The number of unbranched alkanes of at least 4 members (excludes halogenated alkanes) is 13. The quantitative estimate of drug-likeness (QED) is 0.123. The van der Waals surface area contributed by atoms with Gasteiger partial charge >= 0.3 is 0 Å². The van der Waals surface area contributed by atoms with Gasteiger partial charge in [0.2, 0.25) is 0 Å². The Morgan fingerprint density at radius 2 is 1.13 bits per heavy atom. The number of rotatable bonds is 19. The van der Waals surface area contributed by atoms with E-state index in [4.69, 9.17) is 9.47 Å². The van der Waals surface area contributed by atoms with Crippen LogP contribution in [0.15, 0.2) is 0 Å². The molecule has 0 aliphatic heterocycles. The Labute approximate surface area is 159 Å². The summed E-state index contributed by atoms with van der Waals surface area (Å²) in [5.74, 6) is 0. The summed E-state index contributed by atoms with van der Waals surface area (Å²) in [7, 11) is 1.76. The van der Waals surface area contributed by atoms with Gasteiger partial charge in [-0.05, 0) is 6.42 Å². The third-order valence-corrected chi connectivity index (χ3v) is 5.43. The summed E-state index contributed by atoms with van der Waals surface area (Å²) < 4.78 is 12.0. The molecule has 0 bridgehead atoms. The number of ether oxygens (including phenoxy) is 2. The lowest BCUT2D eigenvalue weighted by Crippen LogP contribution is -2.19. The van der Waals surface area contributed by atoms with Crippen LogP contribution in [0, 0.1) is 0 Å². The van der Waals surface area contributed by atoms with Gasteiger partial charge in [-0.15, -0.1) is 0 Å². The largest absolute Gasteiger partial charge is 0.379 e. The van der Waals surface area contributed by atoms with E-state index >= 15 is 0 Å². The first-order valence-electron chi connectivity index (χ1n) is 10.0. The van der Waals surface area contributed by atoms with Gasteiger partial charge in [0.25, 0.3) is 0 Å². The van der Waals surface area contributed by atoms with Crippen molar-refractivity contribution in [2.75, 3.05) is 24.8 Å². The molecule has 3 heteroatoms. The number of halogens is 1. The summed E-state index contributed by atoms with van der Waals surface area (Å²) in [6, 6.07) is 0. The topological polar surface area (TPSA) is 18.5 Å². The zero-order valence-corrected chi connectivity index (χ0v) is 18.0. The van der Waals surface area contributed by atoms with Crippen LogP contribution in [0.1, 0.15) is 96.8 Å². The maximum atomic E-state index is 5.65. The first-order valence-corrected chi connectivity index (χ1v) is 11.5. The zero-order chi connectivity index (χ0) is 17.0. The molecule has 140 valence electrons. The van der Waals surface area contributed by atoms with Gasteiger partial charge in [-0.1, -0.05) is 113 Å². The van der Waals surface area contributed by atoms with Gasteiger partial charge in [0.15, 0.2) is 0 Å². The van der Waals surface area contributed by atoms with Crippen molar-refractivity contribution in [3.8, 4) is 0 Å². The lowest BCUT2D eigenvalue weighted by molar-refractivity contribution is 0.0213. The van der Waals surface area contributed by atoms with E-state index in [2.05, 4.69) is 29.5 Å². The summed E-state index contributed by atoms with van der Waals surface area (Å²) >= 11 is 2.35. The van der Waals surface area contributed by atoms with Gasteiger partial charge in [-0.3, -0.25) is 0 Å².